The Balaban J connectivity index is 1.78. The molecule has 24 heavy (non-hydrogen) atoms. The number of nitrogens with two attached hydrogens (primary N) is 1. The third-order valence-corrected chi connectivity index (χ3v) is 3.66. The van der Waals surface area contributed by atoms with E-state index in [4.69, 9.17) is 5.73 Å². The Labute approximate surface area is 138 Å². The molecule has 120 valence electrons. The third-order valence-electron chi connectivity index (χ3n) is 3.66. The van der Waals surface area contributed by atoms with Gasteiger partial charge in [-0.05, 0) is 23.8 Å². The molecule has 0 radical (unpaired) electrons. The van der Waals surface area contributed by atoms with Gasteiger partial charge in [-0.1, -0.05) is 30.3 Å². The van der Waals surface area contributed by atoms with E-state index in [1.54, 1.807) is 30.6 Å². The summed E-state index contributed by atoms with van der Waals surface area (Å²) in [5.41, 5.74) is 8.07. The van der Waals surface area contributed by atoms with Crippen LogP contribution in [0.25, 0.3) is 11.0 Å². The van der Waals surface area contributed by atoms with E-state index >= 15 is 0 Å². The second-order valence-corrected chi connectivity index (χ2v) is 5.38. The minimum absolute atomic E-state index is 0.343. The molecule has 6 heteroatoms. The van der Waals surface area contributed by atoms with Crippen LogP contribution in [0.4, 0.5) is 0 Å². The normalized spacial score (nSPS) is 11.8. The number of fused-ring (bicyclic) bond motifs is 1. The van der Waals surface area contributed by atoms with Gasteiger partial charge in [-0.2, -0.15) is 0 Å². The standard InChI is InChI=1S/C18H16N4O2/c19-17(23)16(10-12-4-2-1-3-5-12)22-18(24)13-6-7-14-15(11-13)21-9-8-20-14/h1-9,11,16H,10H2,(H2,19,23)(H,22,24)/t16-/m0/s1. The minimum atomic E-state index is -0.780. The fourth-order valence-electron chi connectivity index (χ4n) is 2.42. The number of aromatic nitrogens is 2. The molecule has 6 nitrogen and oxygen atoms in total. The molecule has 1 aromatic heterocycles. The van der Waals surface area contributed by atoms with Gasteiger partial charge in [0, 0.05) is 24.4 Å². The SMILES string of the molecule is NC(=O)[C@H](Cc1ccccc1)NC(=O)c1ccc2nccnc2c1. The molecular weight excluding hydrogens is 304 g/mol. The van der Waals surface area contributed by atoms with Crippen LogP contribution in [0.2, 0.25) is 0 Å². The minimum Gasteiger partial charge on any atom is -0.368 e. The van der Waals surface area contributed by atoms with Crippen molar-refractivity contribution >= 4 is 22.8 Å². The van der Waals surface area contributed by atoms with Crippen molar-refractivity contribution < 1.29 is 9.59 Å². The van der Waals surface area contributed by atoms with Crippen LogP contribution in [-0.4, -0.2) is 27.8 Å². The first-order valence-corrected chi connectivity index (χ1v) is 7.48. The highest BCUT2D eigenvalue weighted by molar-refractivity contribution is 5.99. The van der Waals surface area contributed by atoms with Crippen LogP contribution in [0.1, 0.15) is 15.9 Å². The van der Waals surface area contributed by atoms with Crippen LogP contribution in [-0.2, 0) is 11.2 Å². The number of amides is 2. The van der Waals surface area contributed by atoms with E-state index in [1.807, 2.05) is 30.3 Å². The Kier molecular flexibility index (Phi) is 4.47. The van der Waals surface area contributed by atoms with Crippen molar-refractivity contribution in [1.82, 2.24) is 15.3 Å². The van der Waals surface area contributed by atoms with E-state index in [2.05, 4.69) is 15.3 Å². The van der Waals surface area contributed by atoms with Crippen molar-refractivity contribution in [3.05, 3.63) is 72.1 Å². The second-order valence-electron chi connectivity index (χ2n) is 5.38. The van der Waals surface area contributed by atoms with Crippen molar-refractivity contribution in [2.45, 2.75) is 12.5 Å². The van der Waals surface area contributed by atoms with Gasteiger partial charge in [-0.25, -0.2) is 0 Å². The summed E-state index contributed by atoms with van der Waals surface area (Å²) in [6, 6.07) is 13.6. The zero-order valence-electron chi connectivity index (χ0n) is 12.8. The van der Waals surface area contributed by atoms with Crippen molar-refractivity contribution in [2.75, 3.05) is 0 Å². The Morgan fingerprint density at radius 2 is 1.71 bits per heavy atom. The van der Waals surface area contributed by atoms with Crippen LogP contribution in [0.3, 0.4) is 0 Å². The van der Waals surface area contributed by atoms with Crippen LogP contribution in [0.15, 0.2) is 60.9 Å². The average Bonchev–Trinajstić information content (AvgIpc) is 2.61. The number of primary amides is 1. The lowest BCUT2D eigenvalue weighted by atomic mass is 10.0. The Bertz CT molecular complexity index is 880. The fourth-order valence-corrected chi connectivity index (χ4v) is 2.42. The highest BCUT2D eigenvalue weighted by Gasteiger charge is 2.19. The van der Waals surface area contributed by atoms with E-state index in [0.717, 1.165) is 5.56 Å². The monoisotopic (exact) mass is 320 g/mol. The first-order valence-electron chi connectivity index (χ1n) is 7.48. The molecule has 0 aliphatic heterocycles. The molecule has 0 saturated carbocycles. The number of benzene rings is 2. The summed E-state index contributed by atoms with van der Waals surface area (Å²) in [6.07, 6.45) is 3.49. The van der Waals surface area contributed by atoms with Crippen molar-refractivity contribution in [1.29, 1.82) is 0 Å². The summed E-state index contributed by atoms with van der Waals surface area (Å²) in [6.45, 7) is 0. The molecule has 0 unspecified atom stereocenters. The molecule has 0 aliphatic rings. The largest absolute Gasteiger partial charge is 0.368 e. The molecule has 0 bridgehead atoms. The topological polar surface area (TPSA) is 98.0 Å². The van der Waals surface area contributed by atoms with Gasteiger partial charge in [-0.3, -0.25) is 19.6 Å². The van der Waals surface area contributed by atoms with Crippen LogP contribution >= 0.6 is 0 Å². The average molecular weight is 320 g/mol. The van der Waals surface area contributed by atoms with Gasteiger partial charge < -0.3 is 11.1 Å². The van der Waals surface area contributed by atoms with E-state index in [1.165, 1.54) is 0 Å². The van der Waals surface area contributed by atoms with Gasteiger partial charge >= 0.3 is 0 Å². The van der Waals surface area contributed by atoms with Gasteiger partial charge in [0.15, 0.2) is 0 Å². The molecule has 1 heterocycles. The first kappa shape index (κ1) is 15.6. The Morgan fingerprint density at radius 1 is 1.00 bits per heavy atom. The number of carbonyl (C=O) groups excluding carboxylic acids is 2. The number of nitrogens with one attached hydrogen (secondary N) is 1. The highest BCUT2D eigenvalue weighted by atomic mass is 16.2. The van der Waals surface area contributed by atoms with Crippen LogP contribution in [0, 0.1) is 0 Å². The summed E-state index contributed by atoms with van der Waals surface area (Å²) < 4.78 is 0. The molecule has 0 saturated heterocycles. The van der Waals surface area contributed by atoms with Crippen molar-refractivity contribution in [3.63, 3.8) is 0 Å². The first-order chi connectivity index (χ1) is 11.6. The fraction of sp³-hybridized carbons (Fsp3) is 0.111. The van der Waals surface area contributed by atoms with Gasteiger partial charge in [-0.15, -0.1) is 0 Å². The number of nitrogens with zero attached hydrogens (tertiary/aromatic N) is 2. The number of hydrogen-bond donors (Lipinski definition) is 2. The molecule has 3 N–H and O–H groups in total. The van der Waals surface area contributed by atoms with Gasteiger partial charge in [0.2, 0.25) is 5.91 Å². The predicted molar refractivity (Wildman–Crippen MR) is 90.1 cm³/mol. The maximum Gasteiger partial charge on any atom is 0.252 e. The molecular formula is C18H16N4O2. The van der Waals surface area contributed by atoms with E-state index in [-0.39, 0.29) is 5.91 Å². The van der Waals surface area contributed by atoms with E-state index < -0.39 is 11.9 Å². The van der Waals surface area contributed by atoms with Gasteiger partial charge in [0.05, 0.1) is 11.0 Å². The van der Waals surface area contributed by atoms with Gasteiger partial charge in [0.25, 0.3) is 5.91 Å². The van der Waals surface area contributed by atoms with E-state index in [9.17, 15) is 9.59 Å². The maximum absolute atomic E-state index is 12.4. The summed E-state index contributed by atoms with van der Waals surface area (Å²) >= 11 is 0. The van der Waals surface area contributed by atoms with Crippen molar-refractivity contribution in [3.8, 4) is 0 Å². The molecule has 0 fully saturated rings. The number of rotatable bonds is 5. The van der Waals surface area contributed by atoms with Crippen molar-refractivity contribution in [2.24, 2.45) is 5.73 Å². The molecule has 2 aromatic carbocycles. The molecule has 1 atom stereocenters. The number of carbonyl (C=O) groups is 2. The van der Waals surface area contributed by atoms with Crippen LogP contribution in [0.5, 0.6) is 0 Å². The lowest BCUT2D eigenvalue weighted by Gasteiger charge is -2.15. The Morgan fingerprint density at radius 3 is 2.42 bits per heavy atom. The molecule has 0 spiro atoms. The smallest absolute Gasteiger partial charge is 0.252 e. The summed E-state index contributed by atoms with van der Waals surface area (Å²) in [4.78, 5) is 32.4. The number of hydrogen-bond acceptors (Lipinski definition) is 4. The van der Waals surface area contributed by atoms with Crippen LogP contribution < -0.4 is 11.1 Å². The highest BCUT2D eigenvalue weighted by Crippen LogP contribution is 2.11. The van der Waals surface area contributed by atoms with E-state index in [0.29, 0.717) is 23.0 Å². The lowest BCUT2D eigenvalue weighted by Crippen LogP contribution is -2.45. The van der Waals surface area contributed by atoms with Gasteiger partial charge in [0.1, 0.15) is 6.04 Å². The molecule has 3 rings (SSSR count). The quantitative estimate of drug-likeness (QED) is 0.743. The summed E-state index contributed by atoms with van der Waals surface area (Å²) in [5.74, 6) is -0.949. The predicted octanol–water partition coefficient (Wildman–Crippen LogP) is 1.46. The molecule has 3 aromatic rings. The third kappa shape index (κ3) is 3.55. The Hall–Kier alpha value is -3.28. The maximum atomic E-state index is 12.4. The zero-order chi connectivity index (χ0) is 16.9. The molecule has 0 aliphatic carbocycles. The summed E-state index contributed by atoms with van der Waals surface area (Å²) in [5, 5.41) is 2.68. The zero-order valence-corrected chi connectivity index (χ0v) is 12.8. The lowest BCUT2D eigenvalue weighted by molar-refractivity contribution is -0.119. The second kappa shape index (κ2) is 6.87. The molecule has 2 amide bonds. The summed E-state index contributed by atoms with van der Waals surface area (Å²) in [7, 11) is 0.